The molecule has 1 saturated heterocycles. The Morgan fingerprint density at radius 1 is 0.970 bits per heavy atom. The highest BCUT2D eigenvalue weighted by atomic mass is 16.5. The standard InChI is InChI=1S/C28H32N2O3/c1-20-15-27(31)30(18-23-7-8-23)26-17-24(9-10-25(20)26)33-19-28(32)29-13-11-22(12-14-29)16-21-5-3-2-4-6-21/h2-6,9-10,15,17,22-23H,7-8,11-14,16,18-19H2,1H3. The molecule has 1 amide bonds. The fourth-order valence-corrected chi connectivity index (χ4v) is 4.93. The molecule has 3 aromatic rings. The molecule has 1 aromatic heterocycles. The summed E-state index contributed by atoms with van der Waals surface area (Å²) < 4.78 is 7.77. The van der Waals surface area contributed by atoms with Gasteiger partial charge < -0.3 is 14.2 Å². The van der Waals surface area contributed by atoms with Crippen molar-refractivity contribution in [2.45, 2.75) is 45.6 Å². The minimum atomic E-state index is 0.0351. The first-order valence-corrected chi connectivity index (χ1v) is 12.2. The number of ether oxygens (including phenoxy) is 1. The second-order valence-corrected chi connectivity index (χ2v) is 9.70. The molecule has 2 fully saturated rings. The molecule has 2 aliphatic rings. The molecule has 1 saturated carbocycles. The molecule has 5 heteroatoms. The number of nitrogens with zero attached hydrogens (tertiary/aromatic N) is 2. The summed E-state index contributed by atoms with van der Waals surface area (Å²) in [5.41, 5.74) is 3.29. The second kappa shape index (κ2) is 9.42. The number of pyridine rings is 1. The zero-order chi connectivity index (χ0) is 22.8. The van der Waals surface area contributed by atoms with Crippen LogP contribution in [0.5, 0.6) is 5.75 Å². The lowest BCUT2D eigenvalue weighted by molar-refractivity contribution is -0.134. The van der Waals surface area contributed by atoms with E-state index in [1.54, 1.807) is 6.07 Å². The number of fused-ring (bicyclic) bond motifs is 1. The number of hydrogen-bond donors (Lipinski definition) is 0. The summed E-state index contributed by atoms with van der Waals surface area (Å²) in [6.07, 6.45) is 5.52. The highest BCUT2D eigenvalue weighted by molar-refractivity contribution is 5.84. The van der Waals surface area contributed by atoms with Gasteiger partial charge in [-0.25, -0.2) is 0 Å². The number of likely N-dealkylation sites (tertiary alicyclic amines) is 1. The maximum Gasteiger partial charge on any atom is 0.260 e. The van der Waals surface area contributed by atoms with Crippen molar-refractivity contribution in [2.24, 2.45) is 11.8 Å². The quantitative estimate of drug-likeness (QED) is 0.536. The van der Waals surface area contributed by atoms with E-state index in [1.165, 1.54) is 18.4 Å². The van der Waals surface area contributed by atoms with Crippen LogP contribution in [0.3, 0.4) is 0 Å². The Labute approximate surface area is 195 Å². The van der Waals surface area contributed by atoms with Crippen molar-refractivity contribution in [2.75, 3.05) is 19.7 Å². The molecule has 5 rings (SSSR count). The molecule has 0 N–H and O–H groups in total. The van der Waals surface area contributed by atoms with Gasteiger partial charge in [-0.05, 0) is 74.1 Å². The smallest absolute Gasteiger partial charge is 0.260 e. The van der Waals surface area contributed by atoms with Gasteiger partial charge in [0.1, 0.15) is 5.75 Å². The van der Waals surface area contributed by atoms with Crippen molar-refractivity contribution in [1.29, 1.82) is 0 Å². The third-order valence-corrected chi connectivity index (χ3v) is 7.13. The highest BCUT2D eigenvalue weighted by Gasteiger charge is 2.24. The maximum absolute atomic E-state index is 12.8. The first-order valence-electron chi connectivity index (χ1n) is 12.2. The summed E-state index contributed by atoms with van der Waals surface area (Å²) >= 11 is 0. The third kappa shape index (κ3) is 5.13. The number of piperidine rings is 1. The van der Waals surface area contributed by atoms with Gasteiger partial charge in [-0.15, -0.1) is 0 Å². The monoisotopic (exact) mass is 444 g/mol. The van der Waals surface area contributed by atoms with E-state index in [4.69, 9.17) is 4.74 Å². The summed E-state index contributed by atoms with van der Waals surface area (Å²) in [7, 11) is 0. The fraction of sp³-hybridized carbons (Fsp3) is 0.429. The molecule has 2 heterocycles. The van der Waals surface area contributed by atoms with Crippen LogP contribution in [0, 0.1) is 18.8 Å². The molecule has 0 spiro atoms. The minimum Gasteiger partial charge on any atom is -0.484 e. The topological polar surface area (TPSA) is 51.5 Å². The van der Waals surface area contributed by atoms with E-state index in [2.05, 4.69) is 24.3 Å². The zero-order valence-electron chi connectivity index (χ0n) is 19.3. The number of aromatic nitrogens is 1. The van der Waals surface area contributed by atoms with Crippen LogP contribution in [0.4, 0.5) is 0 Å². The van der Waals surface area contributed by atoms with Crippen molar-refractivity contribution < 1.29 is 9.53 Å². The molecular weight excluding hydrogens is 412 g/mol. The van der Waals surface area contributed by atoms with Crippen LogP contribution in [-0.2, 0) is 17.8 Å². The molecule has 0 radical (unpaired) electrons. The molecular formula is C28H32N2O3. The summed E-state index contributed by atoms with van der Waals surface area (Å²) in [6.45, 7) is 4.34. The molecule has 5 nitrogen and oxygen atoms in total. The number of carbonyl (C=O) groups is 1. The lowest BCUT2D eigenvalue weighted by atomic mass is 9.90. The van der Waals surface area contributed by atoms with Crippen molar-refractivity contribution >= 4 is 16.8 Å². The summed E-state index contributed by atoms with van der Waals surface area (Å²) in [4.78, 5) is 27.3. The van der Waals surface area contributed by atoms with Crippen molar-refractivity contribution in [3.8, 4) is 5.75 Å². The van der Waals surface area contributed by atoms with Gasteiger partial charge >= 0.3 is 0 Å². The molecule has 2 aromatic carbocycles. The maximum atomic E-state index is 12.8. The fourth-order valence-electron chi connectivity index (χ4n) is 4.93. The van der Waals surface area contributed by atoms with E-state index >= 15 is 0 Å². The Balaban J connectivity index is 1.20. The lowest BCUT2D eigenvalue weighted by Crippen LogP contribution is -2.41. The van der Waals surface area contributed by atoms with Gasteiger partial charge in [-0.3, -0.25) is 9.59 Å². The van der Waals surface area contributed by atoms with Crippen LogP contribution >= 0.6 is 0 Å². The molecule has 0 unspecified atom stereocenters. The number of aryl methyl sites for hydroxylation is 1. The average molecular weight is 445 g/mol. The second-order valence-electron chi connectivity index (χ2n) is 9.70. The largest absolute Gasteiger partial charge is 0.484 e. The summed E-state index contributed by atoms with van der Waals surface area (Å²) in [5, 5.41) is 1.06. The van der Waals surface area contributed by atoms with E-state index < -0.39 is 0 Å². The van der Waals surface area contributed by atoms with Crippen LogP contribution < -0.4 is 10.3 Å². The molecule has 172 valence electrons. The van der Waals surface area contributed by atoms with Gasteiger partial charge in [0, 0.05) is 37.2 Å². The SMILES string of the molecule is Cc1cc(=O)n(CC2CC2)c2cc(OCC(=O)N3CCC(Cc4ccccc4)CC3)ccc12. The zero-order valence-corrected chi connectivity index (χ0v) is 19.3. The highest BCUT2D eigenvalue weighted by Crippen LogP contribution is 2.32. The Morgan fingerprint density at radius 3 is 2.45 bits per heavy atom. The van der Waals surface area contributed by atoms with Gasteiger partial charge in [0.2, 0.25) is 0 Å². The normalized spacial score (nSPS) is 16.8. The van der Waals surface area contributed by atoms with Gasteiger partial charge in [0.25, 0.3) is 11.5 Å². The first kappa shape index (κ1) is 21.7. The van der Waals surface area contributed by atoms with E-state index in [9.17, 15) is 9.59 Å². The molecule has 33 heavy (non-hydrogen) atoms. The van der Waals surface area contributed by atoms with Crippen LogP contribution in [-0.4, -0.2) is 35.1 Å². The van der Waals surface area contributed by atoms with Crippen LogP contribution in [0.15, 0.2) is 59.4 Å². The van der Waals surface area contributed by atoms with Gasteiger partial charge in [0.05, 0.1) is 5.52 Å². The van der Waals surface area contributed by atoms with Crippen molar-refractivity contribution in [3.05, 3.63) is 76.1 Å². The van der Waals surface area contributed by atoms with Gasteiger partial charge in [-0.1, -0.05) is 30.3 Å². The van der Waals surface area contributed by atoms with Gasteiger partial charge in [0.15, 0.2) is 6.61 Å². The number of benzene rings is 2. The van der Waals surface area contributed by atoms with E-state index in [0.717, 1.165) is 55.4 Å². The molecule has 0 atom stereocenters. The van der Waals surface area contributed by atoms with Gasteiger partial charge in [-0.2, -0.15) is 0 Å². The first-order chi connectivity index (χ1) is 16.1. The Hall–Kier alpha value is -3.08. The number of carbonyl (C=O) groups excluding carboxylic acids is 1. The van der Waals surface area contributed by atoms with Crippen LogP contribution in [0.2, 0.25) is 0 Å². The van der Waals surface area contributed by atoms with E-state index in [-0.39, 0.29) is 18.1 Å². The number of rotatable bonds is 7. The molecule has 0 bridgehead atoms. The predicted molar refractivity (Wildman–Crippen MR) is 131 cm³/mol. The minimum absolute atomic E-state index is 0.0351. The summed E-state index contributed by atoms with van der Waals surface area (Å²) in [5.74, 6) is 1.91. The van der Waals surface area contributed by atoms with Crippen molar-refractivity contribution in [3.63, 3.8) is 0 Å². The molecule has 1 aliphatic carbocycles. The summed E-state index contributed by atoms with van der Waals surface area (Å²) in [6, 6.07) is 18.1. The van der Waals surface area contributed by atoms with Crippen molar-refractivity contribution in [1.82, 2.24) is 9.47 Å². The van der Waals surface area contributed by atoms with Crippen LogP contribution in [0.25, 0.3) is 10.9 Å². The molecule has 1 aliphatic heterocycles. The Kier molecular flexibility index (Phi) is 6.21. The number of amides is 1. The average Bonchev–Trinajstić information content (AvgIpc) is 3.65. The predicted octanol–water partition coefficient (Wildman–Crippen LogP) is 4.58. The lowest BCUT2D eigenvalue weighted by Gasteiger charge is -2.32. The van der Waals surface area contributed by atoms with Crippen LogP contribution in [0.1, 0.15) is 36.8 Å². The third-order valence-electron chi connectivity index (χ3n) is 7.13. The Bertz CT molecular complexity index is 1190. The van der Waals surface area contributed by atoms with E-state index in [0.29, 0.717) is 17.6 Å². The Morgan fingerprint density at radius 2 is 1.73 bits per heavy atom. The number of hydrogen-bond acceptors (Lipinski definition) is 3. The van der Waals surface area contributed by atoms with E-state index in [1.807, 2.05) is 40.7 Å².